The predicted molar refractivity (Wildman–Crippen MR) is 67.2 cm³/mol. The molecule has 0 aliphatic carbocycles. The first-order valence-corrected chi connectivity index (χ1v) is 5.43. The van der Waals surface area contributed by atoms with Gasteiger partial charge in [0.2, 0.25) is 0 Å². The van der Waals surface area contributed by atoms with Crippen molar-refractivity contribution in [2.24, 2.45) is 5.41 Å². The van der Waals surface area contributed by atoms with Crippen LogP contribution in [0.4, 0.5) is 11.4 Å². The number of hydrogen-bond donors (Lipinski definition) is 2. The number of aliphatic hydroxyl groups excluding tert-OH is 1. The maximum absolute atomic E-state index is 10.6. The summed E-state index contributed by atoms with van der Waals surface area (Å²) in [6.45, 7) is 4.22. The van der Waals surface area contributed by atoms with E-state index in [9.17, 15) is 10.1 Å². The average Bonchev–Trinajstić information content (AvgIpc) is 2.36. The zero-order valence-corrected chi connectivity index (χ0v) is 10.3. The van der Waals surface area contributed by atoms with Gasteiger partial charge in [-0.1, -0.05) is 13.8 Å². The fourth-order valence-electron chi connectivity index (χ4n) is 1.28. The number of nitrogens with zero attached hydrogens (tertiary/aromatic N) is 2. The number of non-ortho nitro benzene ring substituents is 1. The van der Waals surface area contributed by atoms with Crippen molar-refractivity contribution in [1.82, 2.24) is 0 Å². The minimum absolute atomic E-state index is 0.00880. The third-order valence-corrected chi connectivity index (χ3v) is 2.52. The highest BCUT2D eigenvalue weighted by atomic mass is 16.6. The van der Waals surface area contributed by atoms with Gasteiger partial charge in [0.15, 0.2) is 0 Å². The van der Waals surface area contributed by atoms with Crippen molar-refractivity contribution >= 4 is 11.4 Å². The Kier molecular flexibility index (Phi) is 4.23. The number of anilines is 1. The van der Waals surface area contributed by atoms with Crippen LogP contribution in [0, 0.1) is 26.9 Å². The van der Waals surface area contributed by atoms with Crippen molar-refractivity contribution in [3.8, 4) is 6.07 Å². The normalized spacial score (nSPS) is 10.8. The molecule has 2 N–H and O–H groups in total. The molecule has 96 valence electrons. The molecule has 0 aliphatic heterocycles. The molecule has 0 aromatic heterocycles. The van der Waals surface area contributed by atoms with Crippen molar-refractivity contribution < 1.29 is 10.0 Å². The summed E-state index contributed by atoms with van der Waals surface area (Å²) in [4.78, 5) is 10.0. The second kappa shape index (κ2) is 5.47. The molecule has 18 heavy (non-hydrogen) atoms. The molecule has 1 aromatic carbocycles. The van der Waals surface area contributed by atoms with E-state index in [1.165, 1.54) is 18.2 Å². The van der Waals surface area contributed by atoms with Gasteiger partial charge in [0.1, 0.15) is 6.07 Å². The van der Waals surface area contributed by atoms with Crippen LogP contribution in [-0.2, 0) is 0 Å². The highest BCUT2D eigenvalue weighted by molar-refractivity contribution is 5.61. The van der Waals surface area contributed by atoms with Gasteiger partial charge in [-0.3, -0.25) is 10.1 Å². The quantitative estimate of drug-likeness (QED) is 0.613. The largest absolute Gasteiger partial charge is 0.396 e. The lowest BCUT2D eigenvalue weighted by Gasteiger charge is -2.22. The summed E-state index contributed by atoms with van der Waals surface area (Å²) in [5, 5.41) is 31.7. The molecular formula is C12H15N3O3. The van der Waals surface area contributed by atoms with Gasteiger partial charge in [0.25, 0.3) is 5.69 Å². The number of nitrogens with one attached hydrogen (secondary N) is 1. The number of nitro benzene ring substituents is 1. The Labute approximate surface area is 105 Å². The highest BCUT2D eigenvalue weighted by Crippen LogP contribution is 2.23. The third-order valence-electron chi connectivity index (χ3n) is 2.52. The van der Waals surface area contributed by atoms with E-state index in [1.807, 2.05) is 19.9 Å². The van der Waals surface area contributed by atoms with E-state index in [1.54, 1.807) is 0 Å². The summed E-state index contributed by atoms with van der Waals surface area (Å²) in [6.07, 6.45) is 0. The van der Waals surface area contributed by atoms with E-state index in [2.05, 4.69) is 5.32 Å². The molecule has 0 atom stereocenters. The lowest BCUT2D eigenvalue weighted by Crippen LogP contribution is -2.27. The Hall–Kier alpha value is -2.13. The molecule has 6 heteroatoms. The van der Waals surface area contributed by atoms with Gasteiger partial charge in [-0.05, 0) is 6.07 Å². The fraction of sp³-hybridized carbons (Fsp3) is 0.417. The van der Waals surface area contributed by atoms with Crippen molar-refractivity contribution in [2.75, 3.05) is 18.5 Å². The van der Waals surface area contributed by atoms with E-state index >= 15 is 0 Å². The molecule has 0 bridgehead atoms. The second-order valence-electron chi connectivity index (χ2n) is 4.77. The van der Waals surface area contributed by atoms with Gasteiger partial charge in [-0.15, -0.1) is 0 Å². The van der Waals surface area contributed by atoms with Crippen LogP contribution >= 0.6 is 0 Å². The number of benzene rings is 1. The highest BCUT2D eigenvalue weighted by Gasteiger charge is 2.17. The summed E-state index contributed by atoms with van der Waals surface area (Å²) in [5.74, 6) is 0. The lowest BCUT2D eigenvalue weighted by molar-refractivity contribution is -0.384. The zero-order valence-electron chi connectivity index (χ0n) is 10.3. The molecule has 0 saturated heterocycles. The number of rotatable bonds is 5. The molecule has 0 unspecified atom stereocenters. The van der Waals surface area contributed by atoms with Gasteiger partial charge < -0.3 is 10.4 Å². The standard InChI is InChI=1S/C12H15N3O3/c1-12(2,8-16)7-14-11-4-3-10(15(17)18)5-9(11)6-13/h3-5,14,16H,7-8H2,1-2H3. The molecule has 0 saturated carbocycles. The molecule has 0 heterocycles. The first-order valence-electron chi connectivity index (χ1n) is 5.43. The minimum Gasteiger partial charge on any atom is -0.396 e. The van der Waals surface area contributed by atoms with Crippen LogP contribution in [-0.4, -0.2) is 23.2 Å². The molecule has 0 spiro atoms. The molecule has 6 nitrogen and oxygen atoms in total. The van der Waals surface area contributed by atoms with Gasteiger partial charge in [0.05, 0.1) is 16.2 Å². The van der Waals surface area contributed by atoms with E-state index < -0.39 is 4.92 Å². The van der Waals surface area contributed by atoms with E-state index in [-0.39, 0.29) is 23.3 Å². The van der Waals surface area contributed by atoms with Gasteiger partial charge >= 0.3 is 0 Å². The molecule has 1 rings (SSSR count). The molecule has 0 amide bonds. The van der Waals surface area contributed by atoms with Crippen LogP contribution < -0.4 is 5.32 Å². The topological polar surface area (TPSA) is 99.2 Å². The summed E-state index contributed by atoms with van der Waals surface area (Å²) < 4.78 is 0. The Bertz CT molecular complexity index is 492. The summed E-state index contributed by atoms with van der Waals surface area (Å²) in [5.41, 5.74) is 0.315. The first-order chi connectivity index (χ1) is 8.39. The SMILES string of the molecule is CC(C)(CO)CNc1ccc([N+](=O)[O-])cc1C#N. The monoisotopic (exact) mass is 249 g/mol. The minimum atomic E-state index is -0.539. The predicted octanol–water partition coefficient (Wildman–Crippen LogP) is 1.90. The zero-order chi connectivity index (χ0) is 13.8. The van der Waals surface area contributed by atoms with Gasteiger partial charge in [-0.2, -0.15) is 5.26 Å². The average molecular weight is 249 g/mol. The maximum Gasteiger partial charge on any atom is 0.270 e. The van der Waals surface area contributed by atoms with E-state index in [0.29, 0.717) is 12.2 Å². The van der Waals surface area contributed by atoms with Crippen molar-refractivity contribution in [2.45, 2.75) is 13.8 Å². The Morgan fingerprint density at radius 2 is 2.22 bits per heavy atom. The van der Waals surface area contributed by atoms with Crippen molar-refractivity contribution in [3.63, 3.8) is 0 Å². The van der Waals surface area contributed by atoms with Gasteiger partial charge in [-0.25, -0.2) is 0 Å². The van der Waals surface area contributed by atoms with Crippen molar-refractivity contribution in [3.05, 3.63) is 33.9 Å². The van der Waals surface area contributed by atoms with Crippen LogP contribution in [0.3, 0.4) is 0 Å². The molecule has 0 fully saturated rings. The Balaban J connectivity index is 2.91. The molecular weight excluding hydrogens is 234 g/mol. The molecule has 0 radical (unpaired) electrons. The van der Waals surface area contributed by atoms with Crippen LogP contribution in [0.25, 0.3) is 0 Å². The Morgan fingerprint density at radius 1 is 1.56 bits per heavy atom. The van der Waals surface area contributed by atoms with Crippen LogP contribution in [0.5, 0.6) is 0 Å². The molecule has 0 aliphatic rings. The number of hydrogen-bond acceptors (Lipinski definition) is 5. The van der Waals surface area contributed by atoms with E-state index in [4.69, 9.17) is 10.4 Å². The molecule has 1 aromatic rings. The van der Waals surface area contributed by atoms with Crippen LogP contribution in [0.2, 0.25) is 0 Å². The number of nitriles is 1. The summed E-state index contributed by atoms with van der Waals surface area (Å²) >= 11 is 0. The number of aliphatic hydroxyl groups is 1. The van der Waals surface area contributed by atoms with Crippen LogP contribution in [0.15, 0.2) is 18.2 Å². The third kappa shape index (κ3) is 3.43. The fourth-order valence-corrected chi connectivity index (χ4v) is 1.28. The van der Waals surface area contributed by atoms with Crippen LogP contribution in [0.1, 0.15) is 19.4 Å². The summed E-state index contributed by atoms with van der Waals surface area (Å²) in [7, 11) is 0. The Morgan fingerprint density at radius 3 is 2.72 bits per heavy atom. The maximum atomic E-state index is 10.6. The first kappa shape index (κ1) is 13.9. The number of nitro groups is 1. The summed E-state index contributed by atoms with van der Waals surface area (Å²) in [6, 6.07) is 5.99. The van der Waals surface area contributed by atoms with Gasteiger partial charge in [0, 0.05) is 30.7 Å². The lowest BCUT2D eigenvalue weighted by atomic mass is 9.95. The second-order valence-corrected chi connectivity index (χ2v) is 4.77. The van der Waals surface area contributed by atoms with E-state index in [0.717, 1.165) is 0 Å². The van der Waals surface area contributed by atoms with Crippen molar-refractivity contribution in [1.29, 1.82) is 5.26 Å². The smallest absolute Gasteiger partial charge is 0.270 e.